The molecule has 0 saturated carbocycles. The fourth-order valence-corrected chi connectivity index (χ4v) is 5.51. The molecule has 0 bridgehead atoms. The molecule has 1 aliphatic rings. The first-order chi connectivity index (χ1) is 20.4. The zero-order valence-corrected chi connectivity index (χ0v) is 25.0. The van der Waals surface area contributed by atoms with Crippen molar-refractivity contribution in [2.75, 3.05) is 27.8 Å². The van der Waals surface area contributed by atoms with E-state index in [1.165, 1.54) is 0 Å². The Hall–Kier alpha value is -3.83. The van der Waals surface area contributed by atoms with Crippen molar-refractivity contribution >= 4 is 29.1 Å². The number of halogens is 2. The first kappa shape index (κ1) is 29.7. The number of carbonyl (C=O) groups is 1. The van der Waals surface area contributed by atoms with Gasteiger partial charge in [-0.1, -0.05) is 59.6 Å². The number of benzene rings is 2. The predicted octanol–water partition coefficient (Wildman–Crippen LogP) is 4.68. The maximum absolute atomic E-state index is 11.4. The molecule has 0 radical (unpaired) electrons. The van der Waals surface area contributed by atoms with E-state index in [0.717, 1.165) is 17.5 Å². The molecule has 0 unspecified atom stereocenters. The molecular formula is C30H31Cl2N7O3. The van der Waals surface area contributed by atoms with Crippen LogP contribution in [0.2, 0.25) is 10.0 Å². The Morgan fingerprint density at radius 1 is 0.857 bits per heavy atom. The smallest absolute Gasteiger partial charge is 0.237 e. The molecule has 2 aromatic heterocycles. The van der Waals surface area contributed by atoms with E-state index in [0.29, 0.717) is 81.8 Å². The third-order valence-corrected chi connectivity index (χ3v) is 7.78. The number of nitrogens with one attached hydrogen (secondary N) is 3. The minimum atomic E-state index is 0.0865. The fraction of sp³-hybridized carbons (Fsp3) is 0.300. The van der Waals surface area contributed by atoms with Gasteiger partial charge in [0.25, 0.3) is 0 Å². The van der Waals surface area contributed by atoms with Crippen molar-refractivity contribution in [2.24, 2.45) is 0 Å². The summed E-state index contributed by atoms with van der Waals surface area (Å²) in [5.74, 6) is 0.911. The maximum Gasteiger partial charge on any atom is 0.237 e. The van der Waals surface area contributed by atoms with Gasteiger partial charge < -0.3 is 25.4 Å². The highest BCUT2D eigenvalue weighted by Gasteiger charge is 2.21. The molecule has 12 heteroatoms. The van der Waals surface area contributed by atoms with Crippen LogP contribution in [0.1, 0.15) is 24.2 Å². The van der Waals surface area contributed by atoms with E-state index in [2.05, 4.69) is 30.9 Å². The molecule has 3 heterocycles. The van der Waals surface area contributed by atoms with Crippen molar-refractivity contribution in [2.45, 2.75) is 32.0 Å². The molecule has 3 N–H and O–H groups in total. The summed E-state index contributed by atoms with van der Waals surface area (Å²) in [4.78, 5) is 29.9. The average molecular weight is 609 g/mol. The molecule has 2 aromatic carbocycles. The summed E-state index contributed by atoms with van der Waals surface area (Å²) in [5.41, 5.74) is 5.37. The molecule has 218 valence electrons. The van der Waals surface area contributed by atoms with E-state index in [1.54, 1.807) is 26.6 Å². The van der Waals surface area contributed by atoms with Crippen LogP contribution >= 0.6 is 23.2 Å². The second-order valence-electron chi connectivity index (χ2n) is 9.72. The molecule has 0 spiro atoms. The van der Waals surface area contributed by atoms with Gasteiger partial charge in [0.1, 0.15) is 11.4 Å². The third kappa shape index (κ3) is 6.32. The van der Waals surface area contributed by atoms with Gasteiger partial charge in [-0.05, 0) is 13.5 Å². The number of nitrogens with zero attached hydrogens (tertiary/aromatic N) is 4. The van der Waals surface area contributed by atoms with Gasteiger partial charge in [0.2, 0.25) is 17.7 Å². The Bertz CT molecular complexity index is 1600. The van der Waals surface area contributed by atoms with E-state index in [4.69, 9.17) is 37.7 Å². The zero-order chi connectivity index (χ0) is 29.6. The molecule has 1 fully saturated rings. The van der Waals surface area contributed by atoms with Crippen LogP contribution in [-0.2, 0) is 17.9 Å². The van der Waals surface area contributed by atoms with E-state index >= 15 is 0 Å². The molecule has 1 aliphatic heterocycles. The summed E-state index contributed by atoms with van der Waals surface area (Å²) >= 11 is 13.9. The van der Waals surface area contributed by atoms with Gasteiger partial charge in [0.15, 0.2) is 0 Å². The van der Waals surface area contributed by atoms with E-state index in [1.807, 2.05) is 43.4 Å². The Kier molecular flexibility index (Phi) is 9.48. The lowest BCUT2D eigenvalue weighted by atomic mass is 9.98. The molecule has 1 saturated heterocycles. The van der Waals surface area contributed by atoms with Crippen LogP contribution in [0.5, 0.6) is 11.8 Å². The summed E-state index contributed by atoms with van der Waals surface area (Å²) in [6.07, 6.45) is 4.74. The number of methoxy groups -OCH3 is 2. The van der Waals surface area contributed by atoms with Gasteiger partial charge in [0, 0.05) is 54.4 Å². The van der Waals surface area contributed by atoms with Crippen molar-refractivity contribution in [1.82, 2.24) is 35.9 Å². The monoisotopic (exact) mass is 607 g/mol. The standard InChI is InChI=1S/C30H31Cl2N7O3/c1-33-13-24-29(41-2)38-22(15-35-24)20-8-4-6-18(27(20)31)19-7-5-9-21(28(19)32)23-16-36-25(30(39-23)42-3)14-34-12-17-10-11-26(40)37-17/h4-9,15-17,33-34H,10-14H2,1-3H3,(H,37,40)/t17-/m0/s1. The molecular weight excluding hydrogens is 577 g/mol. The van der Waals surface area contributed by atoms with E-state index < -0.39 is 0 Å². The fourth-order valence-electron chi connectivity index (χ4n) is 4.86. The number of amides is 1. The summed E-state index contributed by atoms with van der Waals surface area (Å²) in [6.45, 7) is 1.62. The molecule has 1 atom stereocenters. The molecule has 42 heavy (non-hydrogen) atoms. The maximum atomic E-state index is 11.4. The van der Waals surface area contributed by atoms with E-state index in [-0.39, 0.29) is 11.9 Å². The molecule has 0 aliphatic carbocycles. The molecule has 5 rings (SSSR count). The quantitative estimate of drug-likeness (QED) is 0.223. The summed E-state index contributed by atoms with van der Waals surface area (Å²) in [7, 11) is 4.95. The molecule has 4 aromatic rings. The van der Waals surface area contributed by atoms with Gasteiger partial charge in [-0.3, -0.25) is 14.8 Å². The highest BCUT2D eigenvalue weighted by atomic mass is 35.5. The minimum absolute atomic E-state index is 0.0865. The number of hydrogen-bond acceptors (Lipinski definition) is 9. The number of aromatic nitrogens is 4. The van der Waals surface area contributed by atoms with Gasteiger partial charge in [-0.15, -0.1) is 0 Å². The number of carbonyl (C=O) groups excluding carboxylic acids is 1. The first-order valence-electron chi connectivity index (χ1n) is 13.5. The van der Waals surface area contributed by atoms with Gasteiger partial charge >= 0.3 is 0 Å². The van der Waals surface area contributed by atoms with Crippen molar-refractivity contribution in [3.05, 3.63) is 70.2 Å². The van der Waals surface area contributed by atoms with Crippen LogP contribution < -0.4 is 25.4 Å². The van der Waals surface area contributed by atoms with Gasteiger partial charge in [-0.25, -0.2) is 9.97 Å². The Morgan fingerprint density at radius 3 is 1.86 bits per heavy atom. The predicted molar refractivity (Wildman–Crippen MR) is 163 cm³/mol. The Labute approximate surface area is 254 Å². The normalized spacial score (nSPS) is 14.6. The number of ether oxygens (including phenoxy) is 2. The summed E-state index contributed by atoms with van der Waals surface area (Å²) in [6, 6.07) is 11.5. The highest BCUT2D eigenvalue weighted by molar-refractivity contribution is 6.39. The topological polar surface area (TPSA) is 123 Å². The lowest BCUT2D eigenvalue weighted by molar-refractivity contribution is -0.119. The van der Waals surface area contributed by atoms with Gasteiger partial charge in [-0.2, -0.15) is 0 Å². The Balaban J connectivity index is 1.42. The average Bonchev–Trinajstić information content (AvgIpc) is 3.43. The van der Waals surface area contributed by atoms with Crippen LogP contribution in [0, 0.1) is 0 Å². The second kappa shape index (κ2) is 13.4. The van der Waals surface area contributed by atoms with E-state index in [9.17, 15) is 4.79 Å². The van der Waals surface area contributed by atoms with Crippen molar-refractivity contribution in [1.29, 1.82) is 0 Å². The van der Waals surface area contributed by atoms with Crippen molar-refractivity contribution < 1.29 is 14.3 Å². The van der Waals surface area contributed by atoms with Crippen LogP contribution in [0.3, 0.4) is 0 Å². The molecule has 1 amide bonds. The van der Waals surface area contributed by atoms with Crippen molar-refractivity contribution in [3.63, 3.8) is 0 Å². The summed E-state index contributed by atoms with van der Waals surface area (Å²) < 4.78 is 11.0. The molecule has 10 nitrogen and oxygen atoms in total. The van der Waals surface area contributed by atoms with Gasteiger partial charge in [0.05, 0.1) is 48.0 Å². The van der Waals surface area contributed by atoms with Crippen molar-refractivity contribution in [3.8, 4) is 45.4 Å². The first-order valence-corrected chi connectivity index (χ1v) is 14.2. The largest absolute Gasteiger partial charge is 0.480 e. The SMILES string of the molecule is CNCc1ncc(-c2cccc(-c3cccc(-c4cnc(CNC[C@@H]5CCC(=O)N5)c(OC)n4)c3Cl)c2Cl)nc1OC. The second-order valence-corrected chi connectivity index (χ2v) is 10.5. The van der Waals surface area contributed by atoms with Crippen LogP contribution in [0.4, 0.5) is 0 Å². The lowest BCUT2D eigenvalue weighted by Gasteiger charge is -2.15. The Morgan fingerprint density at radius 2 is 1.38 bits per heavy atom. The minimum Gasteiger partial charge on any atom is -0.480 e. The van der Waals surface area contributed by atoms with Crippen LogP contribution in [0.15, 0.2) is 48.8 Å². The highest BCUT2D eigenvalue weighted by Crippen LogP contribution is 2.42. The third-order valence-electron chi connectivity index (χ3n) is 6.96. The number of rotatable bonds is 11. The van der Waals surface area contributed by atoms with Crippen LogP contribution in [-0.4, -0.2) is 59.7 Å². The zero-order valence-electron chi connectivity index (χ0n) is 23.5. The number of hydrogen-bond donors (Lipinski definition) is 3. The van der Waals surface area contributed by atoms with Crippen LogP contribution in [0.25, 0.3) is 33.6 Å². The lowest BCUT2D eigenvalue weighted by Crippen LogP contribution is -2.35. The summed E-state index contributed by atoms with van der Waals surface area (Å²) in [5, 5.41) is 10.3.